The minimum Gasteiger partial charge on any atom is -0.293 e. The Balaban J connectivity index is 2.32. The fourth-order valence-electron chi connectivity index (χ4n) is 2.58. The fourth-order valence-corrected chi connectivity index (χ4v) is 2.75. The molecule has 0 N–H and O–H groups in total. The zero-order valence-electron chi connectivity index (χ0n) is 12.0. The lowest BCUT2D eigenvalue weighted by atomic mass is 10.2. The molecule has 0 fully saturated rings. The number of benzene rings is 1. The number of nitrogens with zero attached hydrogens (tertiary/aromatic N) is 4. The maximum absolute atomic E-state index is 13.6. The molecular weight excluding hydrogens is 291 g/mol. The number of aromatic nitrogens is 4. The van der Waals surface area contributed by atoms with E-state index in [1.54, 1.807) is 10.7 Å². The zero-order valence-corrected chi connectivity index (χ0v) is 12.7. The molecule has 21 heavy (non-hydrogen) atoms. The van der Waals surface area contributed by atoms with Gasteiger partial charge in [0.1, 0.15) is 11.6 Å². The second-order valence-electron chi connectivity index (χ2n) is 4.92. The minimum absolute atomic E-state index is 0.275. The average Bonchev–Trinajstić information content (AvgIpc) is 2.98. The van der Waals surface area contributed by atoms with Crippen molar-refractivity contribution in [1.82, 2.24) is 19.3 Å². The molecule has 3 rings (SSSR count). The highest BCUT2D eigenvalue weighted by Crippen LogP contribution is 2.25. The van der Waals surface area contributed by atoms with Crippen molar-refractivity contribution in [3.63, 3.8) is 0 Å². The van der Waals surface area contributed by atoms with E-state index in [-0.39, 0.29) is 5.82 Å². The standard InChI is InChI=1S/C15H16ClFN4/c1-3-11-14(9-20(2)19-11)21-13-8-10(17)4-5-12(13)18-15(21)6-7-16/h4-5,8-9H,3,6-7H2,1-2H3. The Morgan fingerprint density at radius 3 is 2.86 bits per heavy atom. The normalized spacial score (nSPS) is 11.4. The molecule has 110 valence electrons. The van der Waals surface area contributed by atoms with Gasteiger partial charge in [-0.05, 0) is 18.6 Å². The van der Waals surface area contributed by atoms with Gasteiger partial charge in [-0.3, -0.25) is 9.25 Å². The van der Waals surface area contributed by atoms with Gasteiger partial charge in [-0.15, -0.1) is 11.6 Å². The SMILES string of the molecule is CCc1nn(C)cc1-n1c(CCCl)nc2ccc(F)cc21. The highest BCUT2D eigenvalue weighted by molar-refractivity contribution is 6.17. The summed E-state index contributed by atoms with van der Waals surface area (Å²) in [5, 5.41) is 4.46. The molecule has 0 aliphatic carbocycles. The second-order valence-corrected chi connectivity index (χ2v) is 5.30. The Hall–Kier alpha value is -1.88. The van der Waals surface area contributed by atoms with Crippen molar-refractivity contribution in [2.75, 3.05) is 5.88 Å². The smallest absolute Gasteiger partial charge is 0.125 e. The molecule has 1 aromatic carbocycles. The van der Waals surface area contributed by atoms with Crippen molar-refractivity contribution in [3.8, 4) is 5.69 Å². The summed E-state index contributed by atoms with van der Waals surface area (Å²) in [6.07, 6.45) is 3.35. The van der Waals surface area contributed by atoms with E-state index in [0.29, 0.717) is 12.3 Å². The number of hydrogen-bond acceptors (Lipinski definition) is 2. The number of imidazole rings is 1. The number of halogens is 2. The molecule has 2 aromatic heterocycles. The van der Waals surface area contributed by atoms with Crippen LogP contribution in [-0.4, -0.2) is 25.2 Å². The molecule has 0 amide bonds. The van der Waals surface area contributed by atoms with Crippen LogP contribution in [0.4, 0.5) is 4.39 Å². The maximum Gasteiger partial charge on any atom is 0.125 e. The summed E-state index contributed by atoms with van der Waals surface area (Å²) >= 11 is 5.88. The summed E-state index contributed by atoms with van der Waals surface area (Å²) in [5.41, 5.74) is 3.41. The van der Waals surface area contributed by atoms with Gasteiger partial charge in [0.05, 0.1) is 22.4 Å². The van der Waals surface area contributed by atoms with Crippen LogP contribution in [0.5, 0.6) is 0 Å². The van der Waals surface area contributed by atoms with Gasteiger partial charge in [0.25, 0.3) is 0 Å². The monoisotopic (exact) mass is 306 g/mol. The van der Waals surface area contributed by atoms with E-state index < -0.39 is 0 Å². The predicted molar refractivity (Wildman–Crippen MR) is 81.6 cm³/mol. The van der Waals surface area contributed by atoms with Gasteiger partial charge in [0, 0.05) is 31.6 Å². The molecule has 2 heterocycles. The number of aryl methyl sites for hydroxylation is 3. The van der Waals surface area contributed by atoms with Crippen LogP contribution in [0.15, 0.2) is 24.4 Å². The quantitative estimate of drug-likeness (QED) is 0.694. The third kappa shape index (κ3) is 2.42. The van der Waals surface area contributed by atoms with Gasteiger partial charge in [-0.1, -0.05) is 6.92 Å². The van der Waals surface area contributed by atoms with Gasteiger partial charge in [-0.2, -0.15) is 5.10 Å². The molecule has 0 radical (unpaired) electrons. The van der Waals surface area contributed by atoms with Gasteiger partial charge in [-0.25, -0.2) is 9.37 Å². The minimum atomic E-state index is -0.275. The third-order valence-corrected chi connectivity index (χ3v) is 3.65. The van der Waals surface area contributed by atoms with Gasteiger partial charge in [0.15, 0.2) is 0 Å². The first kappa shape index (κ1) is 14.1. The van der Waals surface area contributed by atoms with Crippen molar-refractivity contribution in [3.05, 3.63) is 41.7 Å². The van der Waals surface area contributed by atoms with Crippen molar-refractivity contribution >= 4 is 22.6 Å². The Bertz CT molecular complexity index is 790. The van der Waals surface area contributed by atoms with Crippen molar-refractivity contribution < 1.29 is 4.39 Å². The van der Waals surface area contributed by atoms with Crippen molar-refractivity contribution in [2.45, 2.75) is 19.8 Å². The maximum atomic E-state index is 13.6. The van der Waals surface area contributed by atoms with E-state index in [1.165, 1.54) is 12.1 Å². The highest BCUT2D eigenvalue weighted by atomic mass is 35.5. The number of rotatable bonds is 4. The summed E-state index contributed by atoms with van der Waals surface area (Å²) in [5.74, 6) is 1.02. The van der Waals surface area contributed by atoms with E-state index in [2.05, 4.69) is 10.1 Å². The number of alkyl halides is 1. The molecular formula is C15H16ClFN4. The molecule has 0 unspecified atom stereocenters. The van der Waals surface area contributed by atoms with Crippen LogP contribution in [0.1, 0.15) is 18.4 Å². The Morgan fingerprint density at radius 2 is 2.14 bits per heavy atom. The molecule has 0 atom stereocenters. The van der Waals surface area contributed by atoms with E-state index >= 15 is 0 Å². The third-order valence-electron chi connectivity index (χ3n) is 3.46. The van der Waals surface area contributed by atoms with Crippen LogP contribution in [0.2, 0.25) is 0 Å². The summed E-state index contributed by atoms with van der Waals surface area (Å²) in [4.78, 5) is 4.58. The topological polar surface area (TPSA) is 35.6 Å². The van der Waals surface area contributed by atoms with Crippen LogP contribution in [-0.2, 0) is 19.9 Å². The van der Waals surface area contributed by atoms with Crippen LogP contribution in [0, 0.1) is 5.82 Å². The van der Waals surface area contributed by atoms with Gasteiger partial charge < -0.3 is 0 Å². The zero-order chi connectivity index (χ0) is 15.0. The van der Waals surface area contributed by atoms with Crippen LogP contribution in [0.25, 0.3) is 16.7 Å². The van der Waals surface area contributed by atoms with Crippen LogP contribution in [0.3, 0.4) is 0 Å². The predicted octanol–water partition coefficient (Wildman–Crippen LogP) is 3.24. The highest BCUT2D eigenvalue weighted by Gasteiger charge is 2.17. The molecule has 0 bridgehead atoms. The van der Waals surface area contributed by atoms with Crippen LogP contribution < -0.4 is 0 Å². The Labute approximate surface area is 127 Å². The number of fused-ring (bicyclic) bond motifs is 1. The largest absolute Gasteiger partial charge is 0.293 e. The molecule has 4 nitrogen and oxygen atoms in total. The van der Waals surface area contributed by atoms with Gasteiger partial charge >= 0.3 is 0 Å². The molecule has 3 aromatic rings. The van der Waals surface area contributed by atoms with Crippen LogP contribution >= 0.6 is 11.6 Å². The van der Waals surface area contributed by atoms with Crippen molar-refractivity contribution in [2.24, 2.45) is 7.05 Å². The molecule has 0 saturated carbocycles. The van der Waals surface area contributed by atoms with E-state index in [1.807, 2.05) is 24.7 Å². The molecule has 0 spiro atoms. The Morgan fingerprint density at radius 1 is 1.33 bits per heavy atom. The van der Waals surface area contributed by atoms with Gasteiger partial charge in [0.2, 0.25) is 0 Å². The average molecular weight is 307 g/mol. The Kier molecular flexibility index (Phi) is 3.68. The number of hydrogen-bond donors (Lipinski definition) is 0. The first-order valence-electron chi connectivity index (χ1n) is 6.89. The van der Waals surface area contributed by atoms with Crippen molar-refractivity contribution in [1.29, 1.82) is 0 Å². The summed E-state index contributed by atoms with van der Waals surface area (Å²) in [7, 11) is 1.88. The summed E-state index contributed by atoms with van der Waals surface area (Å²) < 4.78 is 17.4. The first-order valence-corrected chi connectivity index (χ1v) is 7.43. The molecule has 0 saturated heterocycles. The second kappa shape index (κ2) is 5.48. The first-order chi connectivity index (χ1) is 10.1. The molecule has 6 heteroatoms. The lowest BCUT2D eigenvalue weighted by Gasteiger charge is -2.07. The van der Waals surface area contributed by atoms with E-state index in [0.717, 1.165) is 34.7 Å². The lowest BCUT2D eigenvalue weighted by molar-refractivity contribution is 0.629. The van der Waals surface area contributed by atoms with E-state index in [9.17, 15) is 4.39 Å². The summed E-state index contributed by atoms with van der Waals surface area (Å²) in [6, 6.07) is 4.63. The fraction of sp³-hybridized carbons (Fsp3) is 0.333. The lowest BCUT2D eigenvalue weighted by Crippen LogP contribution is -2.04. The molecule has 0 aliphatic rings. The summed E-state index contributed by atoms with van der Waals surface area (Å²) in [6.45, 7) is 2.05. The van der Waals surface area contributed by atoms with E-state index in [4.69, 9.17) is 11.6 Å². The molecule has 0 aliphatic heterocycles.